The Morgan fingerprint density at radius 1 is 1.35 bits per heavy atom. The fourth-order valence-corrected chi connectivity index (χ4v) is 1.94. The molecule has 0 atom stereocenters. The first-order valence-electron chi connectivity index (χ1n) is 6.61. The fraction of sp³-hybridized carbons (Fsp3) is 0.333. The van der Waals surface area contributed by atoms with Crippen LogP contribution in [0.2, 0.25) is 5.02 Å². The molecule has 106 valence electrons. The van der Waals surface area contributed by atoms with Crippen LogP contribution in [-0.2, 0) is 0 Å². The number of hydrogen-bond donors (Lipinski definition) is 0. The van der Waals surface area contributed by atoms with Gasteiger partial charge >= 0.3 is 6.01 Å². The first-order chi connectivity index (χ1) is 9.61. The Morgan fingerprint density at radius 2 is 2.05 bits per heavy atom. The summed E-state index contributed by atoms with van der Waals surface area (Å²) in [5.41, 5.74) is 1.33. The molecule has 5 heteroatoms. The lowest BCUT2D eigenvalue weighted by Crippen LogP contribution is -2.32. The van der Waals surface area contributed by atoms with Gasteiger partial charge in [0.1, 0.15) is 6.26 Å². The number of halogens is 1. The molecule has 2 rings (SSSR count). The van der Waals surface area contributed by atoms with Gasteiger partial charge in [-0.15, -0.1) is 0 Å². The zero-order valence-corrected chi connectivity index (χ0v) is 12.4. The molecule has 0 aliphatic heterocycles. The smallest absolute Gasteiger partial charge is 0.304 e. The number of unbranched alkanes of at least 4 members (excludes halogenated alkanes) is 1. The molecule has 0 aliphatic rings. The van der Waals surface area contributed by atoms with Gasteiger partial charge in [0.15, 0.2) is 0 Å². The highest BCUT2D eigenvalue weighted by Crippen LogP contribution is 2.18. The average Bonchev–Trinajstić information content (AvgIpc) is 2.86. The van der Waals surface area contributed by atoms with Gasteiger partial charge in [0.25, 0.3) is 5.91 Å². The van der Waals surface area contributed by atoms with Crippen LogP contribution in [-0.4, -0.2) is 17.4 Å². The van der Waals surface area contributed by atoms with Crippen LogP contribution in [0.5, 0.6) is 0 Å². The minimum absolute atomic E-state index is 0.128. The lowest BCUT2D eigenvalue weighted by atomic mass is 10.2. The van der Waals surface area contributed by atoms with Crippen molar-refractivity contribution in [1.29, 1.82) is 0 Å². The van der Waals surface area contributed by atoms with E-state index in [4.69, 9.17) is 16.0 Å². The van der Waals surface area contributed by atoms with Gasteiger partial charge in [-0.2, -0.15) is 4.98 Å². The molecule has 0 N–H and O–H groups in total. The summed E-state index contributed by atoms with van der Waals surface area (Å²) < 4.78 is 5.36. The van der Waals surface area contributed by atoms with Crippen molar-refractivity contribution >= 4 is 23.5 Å². The molecule has 1 aromatic heterocycles. The third-order valence-electron chi connectivity index (χ3n) is 2.91. The van der Waals surface area contributed by atoms with Gasteiger partial charge in [-0.3, -0.25) is 9.69 Å². The van der Waals surface area contributed by atoms with Crippen LogP contribution in [0.15, 0.2) is 34.9 Å². The second kappa shape index (κ2) is 6.57. The first-order valence-corrected chi connectivity index (χ1v) is 6.99. The lowest BCUT2D eigenvalue weighted by Gasteiger charge is -2.18. The Hall–Kier alpha value is -1.81. The second-order valence-corrected chi connectivity index (χ2v) is 5.03. The molecule has 2 aromatic rings. The standard InChI is InChI=1S/C15H17ClN2O2/c1-3-4-9-18(15-17-11(2)10-20-15)14(19)12-5-7-13(16)8-6-12/h5-8,10H,3-4,9H2,1-2H3. The van der Waals surface area contributed by atoms with Crippen molar-refractivity contribution in [3.63, 3.8) is 0 Å². The first kappa shape index (κ1) is 14.6. The fourth-order valence-electron chi connectivity index (χ4n) is 1.81. The third kappa shape index (κ3) is 3.39. The number of oxazole rings is 1. The minimum Gasteiger partial charge on any atom is -0.431 e. The van der Waals surface area contributed by atoms with E-state index in [0.29, 0.717) is 23.1 Å². The molecule has 4 nitrogen and oxygen atoms in total. The Balaban J connectivity index is 2.26. The maximum atomic E-state index is 12.6. The summed E-state index contributed by atoms with van der Waals surface area (Å²) in [5, 5.41) is 0.605. The van der Waals surface area contributed by atoms with Gasteiger partial charge < -0.3 is 4.42 Å². The Labute approximate surface area is 123 Å². The summed E-state index contributed by atoms with van der Waals surface area (Å²) in [4.78, 5) is 18.4. The van der Waals surface area contributed by atoms with E-state index < -0.39 is 0 Å². The van der Waals surface area contributed by atoms with Crippen molar-refractivity contribution in [1.82, 2.24) is 4.98 Å². The monoisotopic (exact) mass is 292 g/mol. The molecule has 0 aliphatic carbocycles. The highest BCUT2D eigenvalue weighted by atomic mass is 35.5. The molecule has 0 saturated carbocycles. The zero-order valence-electron chi connectivity index (χ0n) is 11.6. The van der Waals surface area contributed by atoms with E-state index >= 15 is 0 Å². The molecule has 20 heavy (non-hydrogen) atoms. The van der Waals surface area contributed by atoms with Crippen molar-refractivity contribution in [3.05, 3.63) is 46.8 Å². The van der Waals surface area contributed by atoms with Gasteiger partial charge in [-0.1, -0.05) is 24.9 Å². The topological polar surface area (TPSA) is 46.3 Å². The summed E-state index contributed by atoms with van der Waals surface area (Å²) in [7, 11) is 0. The highest BCUT2D eigenvalue weighted by Gasteiger charge is 2.21. The van der Waals surface area contributed by atoms with E-state index in [1.54, 1.807) is 35.4 Å². The van der Waals surface area contributed by atoms with Gasteiger partial charge in [0, 0.05) is 17.1 Å². The zero-order chi connectivity index (χ0) is 14.5. The maximum absolute atomic E-state index is 12.6. The van der Waals surface area contributed by atoms with Crippen LogP contribution in [0, 0.1) is 6.92 Å². The third-order valence-corrected chi connectivity index (χ3v) is 3.16. The number of aromatic nitrogens is 1. The SMILES string of the molecule is CCCCN(C(=O)c1ccc(Cl)cc1)c1nc(C)co1. The number of carbonyl (C=O) groups is 1. The van der Waals surface area contributed by atoms with Crippen molar-refractivity contribution in [3.8, 4) is 0 Å². The molecule has 0 bridgehead atoms. The summed E-state index contributed by atoms with van der Waals surface area (Å²) >= 11 is 5.84. The molecule has 0 radical (unpaired) electrons. The van der Waals surface area contributed by atoms with Crippen molar-refractivity contribution in [2.75, 3.05) is 11.4 Å². The molecule has 0 spiro atoms. The minimum atomic E-state index is -0.128. The normalized spacial score (nSPS) is 10.6. The Bertz CT molecular complexity index is 578. The highest BCUT2D eigenvalue weighted by molar-refractivity contribution is 6.30. The molecular formula is C15H17ClN2O2. The van der Waals surface area contributed by atoms with E-state index in [1.807, 2.05) is 6.92 Å². The summed E-state index contributed by atoms with van der Waals surface area (Å²) in [6.07, 6.45) is 3.42. The van der Waals surface area contributed by atoms with Crippen LogP contribution in [0.1, 0.15) is 35.8 Å². The largest absolute Gasteiger partial charge is 0.431 e. The molecule has 1 amide bonds. The lowest BCUT2D eigenvalue weighted by molar-refractivity contribution is 0.0981. The van der Waals surface area contributed by atoms with Crippen molar-refractivity contribution < 1.29 is 9.21 Å². The van der Waals surface area contributed by atoms with E-state index in [-0.39, 0.29) is 5.91 Å². The van der Waals surface area contributed by atoms with Gasteiger partial charge in [0.2, 0.25) is 0 Å². The van der Waals surface area contributed by atoms with E-state index in [0.717, 1.165) is 18.5 Å². The van der Waals surface area contributed by atoms with Gasteiger partial charge in [0.05, 0.1) is 5.69 Å². The van der Waals surface area contributed by atoms with E-state index in [2.05, 4.69) is 11.9 Å². The molecular weight excluding hydrogens is 276 g/mol. The van der Waals surface area contributed by atoms with Gasteiger partial charge in [-0.25, -0.2) is 0 Å². The predicted octanol–water partition coefficient (Wildman–Crippen LogP) is 4.08. The Kier molecular flexibility index (Phi) is 4.79. The number of aryl methyl sites for hydroxylation is 1. The van der Waals surface area contributed by atoms with Crippen LogP contribution in [0.25, 0.3) is 0 Å². The molecule has 1 aromatic carbocycles. The van der Waals surface area contributed by atoms with E-state index in [9.17, 15) is 4.79 Å². The molecule has 0 unspecified atom stereocenters. The van der Waals surface area contributed by atoms with Crippen LogP contribution >= 0.6 is 11.6 Å². The summed E-state index contributed by atoms with van der Waals surface area (Å²) in [6.45, 7) is 4.49. The predicted molar refractivity (Wildman–Crippen MR) is 79.3 cm³/mol. The van der Waals surface area contributed by atoms with Crippen LogP contribution < -0.4 is 4.90 Å². The number of nitrogens with zero attached hydrogens (tertiary/aromatic N) is 2. The average molecular weight is 293 g/mol. The number of anilines is 1. The number of rotatable bonds is 5. The molecule has 0 saturated heterocycles. The maximum Gasteiger partial charge on any atom is 0.304 e. The number of amides is 1. The second-order valence-electron chi connectivity index (χ2n) is 4.59. The quantitative estimate of drug-likeness (QED) is 0.834. The number of benzene rings is 1. The van der Waals surface area contributed by atoms with Gasteiger partial charge in [-0.05, 0) is 37.6 Å². The molecule has 1 heterocycles. The number of carbonyl (C=O) groups excluding carboxylic acids is 1. The van der Waals surface area contributed by atoms with Crippen LogP contribution in [0.4, 0.5) is 6.01 Å². The van der Waals surface area contributed by atoms with Crippen molar-refractivity contribution in [2.45, 2.75) is 26.7 Å². The van der Waals surface area contributed by atoms with Crippen molar-refractivity contribution in [2.24, 2.45) is 0 Å². The van der Waals surface area contributed by atoms with Crippen LogP contribution in [0.3, 0.4) is 0 Å². The Morgan fingerprint density at radius 3 is 2.60 bits per heavy atom. The van der Waals surface area contributed by atoms with E-state index in [1.165, 1.54) is 0 Å². The molecule has 0 fully saturated rings. The number of hydrogen-bond acceptors (Lipinski definition) is 3. The summed E-state index contributed by atoms with van der Waals surface area (Å²) in [6, 6.07) is 7.16. The summed E-state index contributed by atoms with van der Waals surface area (Å²) in [5.74, 6) is -0.128.